The van der Waals surface area contributed by atoms with Crippen molar-refractivity contribution in [3.05, 3.63) is 34.9 Å². The first-order valence-corrected chi connectivity index (χ1v) is 6.99. The van der Waals surface area contributed by atoms with Gasteiger partial charge in [-0.15, -0.1) is 0 Å². The molecule has 1 saturated carbocycles. The molecule has 0 amide bonds. The van der Waals surface area contributed by atoms with Crippen molar-refractivity contribution in [2.75, 3.05) is 20.1 Å². The Morgan fingerprint density at radius 3 is 2.56 bits per heavy atom. The number of hydrogen-bond donors (Lipinski definition) is 1. The highest BCUT2D eigenvalue weighted by Crippen LogP contribution is 2.40. The largest absolute Gasteiger partial charge is 0.330 e. The predicted octanol–water partition coefficient (Wildman–Crippen LogP) is 2.86. The fourth-order valence-corrected chi connectivity index (χ4v) is 2.99. The zero-order valence-corrected chi connectivity index (χ0v) is 12.0. The van der Waals surface area contributed by atoms with Crippen molar-refractivity contribution in [1.29, 1.82) is 0 Å². The standard InChI is InChI=1S/C16H26N2/c1-13-5-6-14(2)15(9-13)10-18(3)12-16(11-17)7-4-8-16/h5-6,9H,4,7-8,10-12,17H2,1-3H3. The molecule has 18 heavy (non-hydrogen) atoms. The van der Waals surface area contributed by atoms with Crippen molar-refractivity contribution in [3.8, 4) is 0 Å². The van der Waals surface area contributed by atoms with Gasteiger partial charge >= 0.3 is 0 Å². The lowest BCUT2D eigenvalue weighted by molar-refractivity contribution is 0.0844. The van der Waals surface area contributed by atoms with Crippen LogP contribution in [0, 0.1) is 19.3 Å². The Balaban J connectivity index is 1.98. The number of benzene rings is 1. The highest BCUT2D eigenvalue weighted by molar-refractivity contribution is 5.30. The SMILES string of the molecule is Cc1ccc(C)c(CN(C)CC2(CN)CCC2)c1. The molecule has 2 heteroatoms. The maximum Gasteiger partial charge on any atom is 0.0233 e. The molecule has 0 radical (unpaired) electrons. The van der Waals surface area contributed by atoms with E-state index in [1.54, 1.807) is 0 Å². The third kappa shape index (κ3) is 2.93. The molecule has 0 saturated heterocycles. The summed E-state index contributed by atoms with van der Waals surface area (Å²) in [6.07, 6.45) is 3.97. The maximum atomic E-state index is 5.94. The average molecular weight is 246 g/mol. The fourth-order valence-electron chi connectivity index (χ4n) is 2.99. The average Bonchev–Trinajstić information content (AvgIpc) is 2.28. The molecule has 0 aromatic heterocycles. The van der Waals surface area contributed by atoms with Crippen LogP contribution in [-0.2, 0) is 6.54 Å². The third-order valence-corrected chi connectivity index (χ3v) is 4.40. The second-order valence-corrected chi connectivity index (χ2v) is 6.16. The number of rotatable bonds is 5. The van der Waals surface area contributed by atoms with E-state index in [1.807, 2.05) is 0 Å². The highest BCUT2D eigenvalue weighted by atomic mass is 15.1. The van der Waals surface area contributed by atoms with Crippen LogP contribution in [0.4, 0.5) is 0 Å². The molecule has 1 aliphatic carbocycles. The molecule has 2 N–H and O–H groups in total. The van der Waals surface area contributed by atoms with Gasteiger partial charge in [-0.05, 0) is 56.8 Å². The van der Waals surface area contributed by atoms with Crippen LogP contribution in [0.5, 0.6) is 0 Å². The first kappa shape index (κ1) is 13.6. The molecule has 1 aliphatic rings. The number of hydrogen-bond acceptors (Lipinski definition) is 2. The predicted molar refractivity (Wildman–Crippen MR) is 77.6 cm³/mol. The summed E-state index contributed by atoms with van der Waals surface area (Å²) < 4.78 is 0. The van der Waals surface area contributed by atoms with E-state index in [-0.39, 0.29) is 0 Å². The van der Waals surface area contributed by atoms with E-state index in [2.05, 4.69) is 44.0 Å². The Morgan fingerprint density at radius 1 is 1.28 bits per heavy atom. The minimum Gasteiger partial charge on any atom is -0.330 e. The molecule has 1 aromatic rings. The quantitative estimate of drug-likeness (QED) is 0.865. The van der Waals surface area contributed by atoms with E-state index in [0.717, 1.165) is 19.6 Å². The fraction of sp³-hybridized carbons (Fsp3) is 0.625. The molecular weight excluding hydrogens is 220 g/mol. The van der Waals surface area contributed by atoms with Crippen LogP contribution in [0.1, 0.15) is 36.0 Å². The van der Waals surface area contributed by atoms with E-state index in [4.69, 9.17) is 5.73 Å². The van der Waals surface area contributed by atoms with Gasteiger partial charge in [-0.1, -0.05) is 30.2 Å². The molecule has 0 heterocycles. The van der Waals surface area contributed by atoms with Crippen LogP contribution >= 0.6 is 0 Å². The van der Waals surface area contributed by atoms with Crippen LogP contribution in [0.3, 0.4) is 0 Å². The maximum absolute atomic E-state index is 5.94. The van der Waals surface area contributed by atoms with E-state index >= 15 is 0 Å². The third-order valence-electron chi connectivity index (χ3n) is 4.40. The topological polar surface area (TPSA) is 29.3 Å². The molecule has 0 atom stereocenters. The van der Waals surface area contributed by atoms with Crippen molar-refractivity contribution < 1.29 is 0 Å². The lowest BCUT2D eigenvalue weighted by atomic mass is 9.68. The Labute approximate surface area is 111 Å². The van der Waals surface area contributed by atoms with Crippen LogP contribution in [0.25, 0.3) is 0 Å². The molecular formula is C16H26N2. The van der Waals surface area contributed by atoms with Gasteiger partial charge in [-0.25, -0.2) is 0 Å². The minimum absolute atomic E-state index is 0.409. The zero-order chi connectivity index (χ0) is 13.2. The summed E-state index contributed by atoms with van der Waals surface area (Å²) in [5, 5.41) is 0. The smallest absolute Gasteiger partial charge is 0.0233 e. The number of aryl methyl sites for hydroxylation is 2. The van der Waals surface area contributed by atoms with Gasteiger partial charge in [0, 0.05) is 13.1 Å². The van der Waals surface area contributed by atoms with Crippen molar-refractivity contribution in [2.45, 2.75) is 39.7 Å². The molecule has 0 unspecified atom stereocenters. The molecule has 100 valence electrons. The monoisotopic (exact) mass is 246 g/mol. The van der Waals surface area contributed by atoms with Crippen molar-refractivity contribution in [2.24, 2.45) is 11.1 Å². The minimum atomic E-state index is 0.409. The Hall–Kier alpha value is -0.860. The van der Waals surface area contributed by atoms with Gasteiger partial charge in [0.2, 0.25) is 0 Å². The van der Waals surface area contributed by atoms with Crippen molar-refractivity contribution in [1.82, 2.24) is 4.90 Å². The van der Waals surface area contributed by atoms with Crippen molar-refractivity contribution in [3.63, 3.8) is 0 Å². The van der Waals surface area contributed by atoms with E-state index in [1.165, 1.54) is 36.0 Å². The summed E-state index contributed by atoms with van der Waals surface area (Å²) in [6.45, 7) is 7.37. The summed E-state index contributed by atoms with van der Waals surface area (Å²) >= 11 is 0. The van der Waals surface area contributed by atoms with Gasteiger partial charge in [0.05, 0.1) is 0 Å². The second kappa shape index (κ2) is 5.41. The Morgan fingerprint density at radius 2 is 2.00 bits per heavy atom. The Bertz CT molecular complexity index is 402. The molecule has 0 bridgehead atoms. The highest BCUT2D eigenvalue weighted by Gasteiger charge is 2.36. The van der Waals surface area contributed by atoms with Gasteiger partial charge in [-0.2, -0.15) is 0 Å². The first-order chi connectivity index (χ1) is 8.54. The van der Waals surface area contributed by atoms with Crippen LogP contribution < -0.4 is 5.73 Å². The van der Waals surface area contributed by atoms with Gasteiger partial charge in [0.1, 0.15) is 0 Å². The lowest BCUT2D eigenvalue weighted by Crippen LogP contribution is -2.45. The second-order valence-electron chi connectivity index (χ2n) is 6.16. The summed E-state index contributed by atoms with van der Waals surface area (Å²) in [6, 6.07) is 6.72. The summed E-state index contributed by atoms with van der Waals surface area (Å²) in [5.41, 5.74) is 10.5. The lowest BCUT2D eigenvalue weighted by Gasteiger charge is -2.43. The van der Waals surface area contributed by atoms with E-state index in [0.29, 0.717) is 5.41 Å². The Kier molecular flexibility index (Phi) is 4.08. The summed E-state index contributed by atoms with van der Waals surface area (Å²) in [7, 11) is 2.22. The first-order valence-electron chi connectivity index (χ1n) is 6.99. The zero-order valence-electron chi connectivity index (χ0n) is 12.0. The van der Waals surface area contributed by atoms with Crippen molar-refractivity contribution >= 4 is 0 Å². The van der Waals surface area contributed by atoms with E-state index < -0.39 is 0 Å². The van der Waals surface area contributed by atoms with Gasteiger partial charge < -0.3 is 10.6 Å². The number of nitrogens with zero attached hydrogens (tertiary/aromatic N) is 1. The van der Waals surface area contributed by atoms with Crippen LogP contribution in [0.2, 0.25) is 0 Å². The normalized spacial score (nSPS) is 17.8. The van der Waals surface area contributed by atoms with E-state index in [9.17, 15) is 0 Å². The molecule has 0 aliphatic heterocycles. The molecule has 2 rings (SSSR count). The van der Waals surface area contributed by atoms with Crippen LogP contribution in [0.15, 0.2) is 18.2 Å². The van der Waals surface area contributed by atoms with Gasteiger partial charge in [0.25, 0.3) is 0 Å². The van der Waals surface area contributed by atoms with Crippen LogP contribution in [-0.4, -0.2) is 25.0 Å². The molecule has 2 nitrogen and oxygen atoms in total. The number of nitrogens with two attached hydrogens (primary N) is 1. The van der Waals surface area contributed by atoms with Gasteiger partial charge in [-0.3, -0.25) is 0 Å². The summed E-state index contributed by atoms with van der Waals surface area (Å²) in [5.74, 6) is 0. The summed E-state index contributed by atoms with van der Waals surface area (Å²) in [4.78, 5) is 2.44. The molecule has 1 aromatic carbocycles. The molecule has 1 fully saturated rings. The van der Waals surface area contributed by atoms with Gasteiger partial charge in [0.15, 0.2) is 0 Å². The molecule has 0 spiro atoms.